The van der Waals surface area contributed by atoms with Crippen LogP contribution in [0, 0.1) is 5.92 Å². The fraction of sp³-hybridized carbons (Fsp3) is 0.900. The Bertz CT molecular complexity index is 145. The lowest BCUT2D eigenvalue weighted by atomic mass is 9.94. The Balaban J connectivity index is 4.02. The summed E-state index contributed by atoms with van der Waals surface area (Å²) in [6.07, 6.45) is 1.73. The minimum atomic E-state index is -0.940. The highest BCUT2D eigenvalue weighted by Gasteiger charge is 2.24. The zero-order valence-corrected chi connectivity index (χ0v) is 8.75. The molecule has 0 heterocycles. The third-order valence-corrected chi connectivity index (χ3v) is 2.16. The number of hydrogen-bond acceptors (Lipinski definition) is 3. The molecule has 3 heteroatoms. The van der Waals surface area contributed by atoms with Gasteiger partial charge in [0.1, 0.15) is 0 Å². The first kappa shape index (κ1) is 12.4. The molecule has 2 unspecified atom stereocenters. The average Bonchev–Trinajstić information content (AvgIpc) is 2.13. The second-order valence-electron chi connectivity index (χ2n) is 3.15. The lowest BCUT2D eigenvalue weighted by Crippen LogP contribution is -2.31. The quantitative estimate of drug-likeness (QED) is 0.646. The maximum absolute atomic E-state index is 11.1. The van der Waals surface area contributed by atoms with Crippen molar-refractivity contribution >= 4 is 5.97 Å². The van der Waals surface area contributed by atoms with E-state index in [0.29, 0.717) is 6.61 Å². The van der Waals surface area contributed by atoms with Crippen molar-refractivity contribution < 1.29 is 14.6 Å². The summed E-state index contributed by atoms with van der Waals surface area (Å²) in [5.74, 6) is -0.438. The van der Waals surface area contributed by atoms with Crippen molar-refractivity contribution in [2.75, 3.05) is 6.61 Å². The van der Waals surface area contributed by atoms with Gasteiger partial charge in [-0.1, -0.05) is 26.7 Å². The summed E-state index contributed by atoms with van der Waals surface area (Å²) in [6.45, 7) is 6.09. The third kappa shape index (κ3) is 4.27. The van der Waals surface area contributed by atoms with Crippen LogP contribution in [0.4, 0.5) is 0 Å². The summed E-state index contributed by atoms with van der Waals surface area (Å²) in [6, 6.07) is 0. The van der Waals surface area contributed by atoms with E-state index in [1.54, 1.807) is 6.92 Å². The van der Waals surface area contributed by atoms with Crippen molar-refractivity contribution in [3.8, 4) is 0 Å². The molecule has 0 rings (SSSR count). The van der Waals surface area contributed by atoms with Crippen LogP contribution in [0.3, 0.4) is 0 Å². The highest BCUT2D eigenvalue weighted by molar-refractivity contribution is 5.74. The van der Waals surface area contributed by atoms with Gasteiger partial charge >= 0.3 is 5.97 Å². The number of carbonyl (C=O) groups is 1. The van der Waals surface area contributed by atoms with Crippen LogP contribution < -0.4 is 0 Å². The molecule has 0 radical (unpaired) electrons. The first-order valence-corrected chi connectivity index (χ1v) is 5.01. The van der Waals surface area contributed by atoms with Crippen molar-refractivity contribution in [2.45, 2.75) is 46.1 Å². The van der Waals surface area contributed by atoms with E-state index in [4.69, 9.17) is 4.74 Å². The van der Waals surface area contributed by atoms with Gasteiger partial charge in [-0.3, -0.25) is 0 Å². The van der Waals surface area contributed by atoms with Gasteiger partial charge in [-0.25, -0.2) is 4.79 Å². The fourth-order valence-electron chi connectivity index (χ4n) is 1.38. The first-order chi connectivity index (χ1) is 6.17. The van der Waals surface area contributed by atoms with E-state index in [1.807, 2.05) is 13.8 Å². The second kappa shape index (κ2) is 6.89. The van der Waals surface area contributed by atoms with Gasteiger partial charge in [0.05, 0.1) is 6.61 Å². The van der Waals surface area contributed by atoms with Crippen molar-refractivity contribution in [3.05, 3.63) is 0 Å². The molecule has 3 nitrogen and oxygen atoms in total. The average molecular weight is 188 g/mol. The molecule has 1 N–H and O–H groups in total. The number of carbonyl (C=O) groups excluding carboxylic acids is 1. The molecular formula is C10H20O3. The van der Waals surface area contributed by atoms with Crippen LogP contribution in [0.1, 0.15) is 40.0 Å². The Labute approximate surface area is 80.1 Å². The van der Waals surface area contributed by atoms with Crippen molar-refractivity contribution in [1.82, 2.24) is 0 Å². The van der Waals surface area contributed by atoms with Crippen molar-refractivity contribution in [2.24, 2.45) is 5.92 Å². The second-order valence-corrected chi connectivity index (χ2v) is 3.15. The third-order valence-electron chi connectivity index (χ3n) is 2.16. The number of aliphatic hydroxyl groups excluding tert-OH is 1. The summed E-state index contributed by atoms with van der Waals surface area (Å²) in [4.78, 5) is 11.1. The molecule has 0 aromatic heterocycles. The molecule has 0 spiro atoms. The predicted molar refractivity (Wildman–Crippen MR) is 51.3 cm³/mol. The minimum absolute atomic E-state index is 0.0454. The van der Waals surface area contributed by atoms with E-state index in [0.717, 1.165) is 19.3 Å². The summed E-state index contributed by atoms with van der Waals surface area (Å²) < 4.78 is 4.74. The van der Waals surface area contributed by atoms with Crippen LogP contribution in [0.25, 0.3) is 0 Å². The van der Waals surface area contributed by atoms with E-state index in [1.165, 1.54) is 0 Å². The Hall–Kier alpha value is -0.570. The molecule has 2 atom stereocenters. The molecule has 0 aliphatic rings. The zero-order chi connectivity index (χ0) is 10.3. The Morgan fingerprint density at radius 3 is 2.38 bits per heavy atom. The lowest BCUT2D eigenvalue weighted by Gasteiger charge is -2.18. The zero-order valence-electron chi connectivity index (χ0n) is 8.75. The van der Waals surface area contributed by atoms with Gasteiger partial charge in [0, 0.05) is 0 Å². The number of rotatable bonds is 6. The molecule has 0 fully saturated rings. The van der Waals surface area contributed by atoms with Crippen LogP contribution in [0.15, 0.2) is 0 Å². The van der Waals surface area contributed by atoms with E-state index in [2.05, 4.69) is 0 Å². The normalized spacial score (nSPS) is 15.1. The molecule has 0 amide bonds. The number of hydrogen-bond donors (Lipinski definition) is 1. The first-order valence-electron chi connectivity index (χ1n) is 5.01. The Kier molecular flexibility index (Phi) is 6.59. The van der Waals surface area contributed by atoms with E-state index in [-0.39, 0.29) is 5.92 Å². The van der Waals surface area contributed by atoms with E-state index in [9.17, 15) is 9.90 Å². The van der Waals surface area contributed by atoms with E-state index < -0.39 is 12.1 Å². The minimum Gasteiger partial charge on any atom is -0.464 e. The molecule has 78 valence electrons. The number of ether oxygens (including phenoxy) is 1. The fourth-order valence-corrected chi connectivity index (χ4v) is 1.38. The number of aliphatic hydroxyl groups is 1. The van der Waals surface area contributed by atoms with Gasteiger partial charge in [-0.15, -0.1) is 0 Å². The lowest BCUT2D eigenvalue weighted by molar-refractivity contribution is -0.156. The van der Waals surface area contributed by atoms with Gasteiger partial charge in [-0.05, 0) is 19.3 Å². The van der Waals surface area contributed by atoms with Crippen molar-refractivity contribution in [3.63, 3.8) is 0 Å². The highest BCUT2D eigenvalue weighted by Crippen LogP contribution is 2.16. The molecule has 0 saturated carbocycles. The summed E-state index contributed by atoms with van der Waals surface area (Å²) in [5, 5.41) is 9.57. The van der Waals surface area contributed by atoms with Crippen LogP contribution in [-0.2, 0) is 9.53 Å². The molecule has 0 aliphatic carbocycles. The largest absolute Gasteiger partial charge is 0.464 e. The van der Waals surface area contributed by atoms with Crippen LogP contribution in [0.2, 0.25) is 0 Å². The molecule has 0 aliphatic heterocycles. The van der Waals surface area contributed by atoms with Gasteiger partial charge in [-0.2, -0.15) is 0 Å². The molecule has 0 bridgehead atoms. The standard InChI is InChI=1S/C10H20O3/c1-4-7-8(5-2)9(11)10(12)13-6-3/h8-9,11H,4-7H2,1-3H3. The van der Waals surface area contributed by atoms with E-state index >= 15 is 0 Å². The topological polar surface area (TPSA) is 46.5 Å². The van der Waals surface area contributed by atoms with Crippen LogP contribution in [-0.4, -0.2) is 23.8 Å². The SMILES string of the molecule is CCCC(CC)C(O)C(=O)OCC. The maximum atomic E-state index is 11.1. The molecule has 0 aromatic carbocycles. The molecule has 0 saturated heterocycles. The smallest absolute Gasteiger partial charge is 0.335 e. The summed E-state index contributed by atoms with van der Waals surface area (Å²) >= 11 is 0. The summed E-state index contributed by atoms with van der Waals surface area (Å²) in [7, 11) is 0. The van der Waals surface area contributed by atoms with Gasteiger partial charge in [0.15, 0.2) is 6.10 Å². The molecular weight excluding hydrogens is 168 g/mol. The molecule has 0 aromatic rings. The van der Waals surface area contributed by atoms with Crippen molar-refractivity contribution in [1.29, 1.82) is 0 Å². The van der Waals surface area contributed by atoms with Gasteiger partial charge in [0.25, 0.3) is 0 Å². The maximum Gasteiger partial charge on any atom is 0.335 e. The van der Waals surface area contributed by atoms with Gasteiger partial charge < -0.3 is 9.84 Å². The van der Waals surface area contributed by atoms with Crippen LogP contribution >= 0.6 is 0 Å². The highest BCUT2D eigenvalue weighted by atomic mass is 16.5. The number of esters is 1. The summed E-state index contributed by atoms with van der Waals surface area (Å²) in [5.41, 5.74) is 0. The monoisotopic (exact) mass is 188 g/mol. The predicted octanol–water partition coefficient (Wildman–Crippen LogP) is 1.74. The Morgan fingerprint density at radius 2 is 2.00 bits per heavy atom. The Morgan fingerprint density at radius 1 is 1.38 bits per heavy atom. The van der Waals surface area contributed by atoms with Crippen LogP contribution in [0.5, 0.6) is 0 Å². The molecule has 13 heavy (non-hydrogen) atoms. The van der Waals surface area contributed by atoms with Gasteiger partial charge in [0.2, 0.25) is 0 Å².